The summed E-state index contributed by atoms with van der Waals surface area (Å²) < 4.78 is 0. The molecule has 0 aliphatic carbocycles. The highest BCUT2D eigenvalue weighted by Gasteiger charge is 2.09. The van der Waals surface area contributed by atoms with E-state index in [0.29, 0.717) is 12.2 Å². The van der Waals surface area contributed by atoms with Crippen LogP contribution >= 0.6 is 0 Å². The lowest BCUT2D eigenvalue weighted by Gasteiger charge is -2.17. The molecule has 0 aromatic heterocycles. The van der Waals surface area contributed by atoms with Crippen LogP contribution in [0.3, 0.4) is 0 Å². The van der Waals surface area contributed by atoms with Crippen LogP contribution in [-0.4, -0.2) is 30.9 Å². The van der Waals surface area contributed by atoms with Crippen molar-refractivity contribution in [3.63, 3.8) is 0 Å². The number of amides is 1. The van der Waals surface area contributed by atoms with Gasteiger partial charge in [-0.3, -0.25) is 9.69 Å². The van der Waals surface area contributed by atoms with Gasteiger partial charge in [0.15, 0.2) is 0 Å². The maximum atomic E-state index is 11.9. The number of anilines is 2. The lowest BCUT2D eigenvalue weighted by atomic mass is 10.1. The van der Waals surface area contributed by atoms with Gasteiger partial charge >= 0.3 is 0 Å². The molecule has 0 spiro atoms. The summed E-state index contributed by atoms with van der Waals surface area (Å²) in [6.07, 6.45) is 2.24. The Morgan fingerprint density at radius 3 is 2.78 bits per heavy atom. The van der Waals surface area contributed by atoms with Gasteiger partial charge in [0.2, 0.25) is 5.91 Å². The fraction of sp³-hybridized carbons (Fsp3) is 0.500. The molecule has 4 heteroatoms. The molecule has 0 heterocycles. The van der Waals surface area contributed by atoms with Gasteiger partial charge in [0, 0.05) is 0 Å². The molecule has 1 amide bonds. The number of nitrogens with one attached hydrogen (secondary N) is 1. The zero-order chi connectivity index (χ0) is 13.5. The number of unbranched alkanes of at least 4 members (excludes halogenated alkanes) is 1. The Morgan fingerprint density at radius 1 is 1.44 bits per heavy atom. The smallest absolute Gasteiger partial charge is 0.238 e. The van der Waals surface area contributed by atoms with E-state index in [1.54, 1.807) is 6.07 Å². The van der Waals surface area contributed by atoms with E-state index < -0.39 is 0 Å². The maximum Gasteiger partial charge on any atom is 0.238 e. The van der Waals surface area contributed by atoms with Gasteiger partial charge in [-0.1, -0.05) is 25.5 Å². The molecule has 0 bridgehead atoms. The quantitative estimate of drug-likeness (QED) is 0.760. The van der Waals surface area contributed by atoms with Gasteiger partial charge < -0.3 is 11.1 Å². The number of para-hydroxylation sites is 1. The first kappa shape index (κ1) is 14.5. The van der Waals surface area contributed by atoms with Crippen molar-refractivity contribution in [3.8, 4) is 0 Å². The summed E-state index contributed by atoms with van der Waals surface area (Å²) in [5.41, 5.74) is 8.18. The van der Waals surface area contributed by atoms with E-state index >= 15 is 0 Å². The third-order valence-corrected chi connectivity index (χ3v) is 2.88. The molecule has 0 fully saturated rings. The highest BCUT2D eigenvalue weighted by atomic mass is 16.2. The van der Waals surface area contributed by atoms with E-state index in [4.69, 9.17) is 5.73 Å². The van der Waals surface area contributed by atoms with E-state index in [1.807, 2.05) is 31.0 Å². The minimum absolute atomic E-state index is 0.0189. The molecule has 4 nitrogen and oxygen atoms in total. The van der Waals surface area contributed by atoms with E-state index in [-0.39, 0.29) is 5.91 Å². The fourth-order valence-electron chi connectivity index (χ4n) is 1.79. The highest BCUT2D eigenvalue weighted by molar-refractivity contribution is 5.96. The fourth-order valence-corrected chi connectivity index (χ4v) is 1.79. The number of hydrogen-bond donors (Lipinski definition) is 2. The Hall–Kier alpha value is -1.55. The van der Waals surface area contributed by atoms with E-state index in [0.717, 1.165) is 30.6 Å². The van der Waals surface area contributed by atoms with Gasteiger partial charge in [0.25, 0.3) is 0 Å². The summed E-state index contributed by atoms with van der Waals surface area (Å²) in [4.78, 5) is 13.9. The number of rotatable bonds is 6. The summed E-state index contributed by atoms with van der Waals surface area (Å²) in [7, 11) is 1.95. The molecular weight excluding hydrogens is 226 g/mol. The second kappa shape index (κ2) is 7.01. The molecule has 0 saturated carbocycles. The standard InChI is InChI=1S/C14H23N3O/c1-4-5-9-17(3)10-13(18)16-14-11(2)7-6-8-12(14)15/h6-8H,4-5,9-10,15H2,1-3H3,(H,16,18). The molecule has 1 aromatic carbocycles. The molecule has 0 aliphatic heterocycles. The molecule has 100 valence electrons. The zero-order valence-corrected chi connectivity index (χ0v) is 11.5. The molecule has 0 aliphatic rings. The van der Waals surface area contributed by atoms with Crippen molar-refractivity contribution in [1.29, 1.82) is 0 Å². The van der Waals surface area contributed by atoms with E-state index in [9.17, 15) is 4.79 Å². The largest absolute Gasteiger partial charge is 0.397 e. The van der Waals surface area contributed by atoms with Crippen molar-refractivity contribution in [2.45, 2.75) is 26.7 Å². The summed E-state index contributed by atoms with van der Waals surface area (Å²) in [5, 5.41) is 2.88. The third-order valence-electron chi connectivity index (χ3n) is 2.88. The van der Waals surface area contributed by atoms with Crippen molar-refractivity contribution in [3.05, 3.63) is 23.8 Å². The van der Waals surface area contributed by atoms with Crippen molar-refractivity contribution < 1.29 is 4.79 Å². The first-order valence-electron chi connectivity index (χ1n) is 6.38. The Morgan fingerprint density at radius 2 is 2.17 bits per heavy atom. The van der Waals surface area contributed by atoms with Crippen LogP contribution in [-0.2, 0) is 4.79 Å². The number of nitrogens with two attached hydrogens (primary N) is 1. The SMILES string of the molecule is CCCCN(C)CC(=O)Nc1c(C)cccc1N. The summed E-state index contributed by atoms with van der Waals surface area (Å²) >= 11 is 0. The topological polar surface area (TPSA) is 58.4 Å². The van der Waals surface area contributed by atoms with Crippen molar-refractivity contribution in [2.24, 2.45) is 0 Å². The number of benzene rings is 1. The van der Waals surface area contributed by atoms with Crippen LogP contribution in [0.5, 0.6) is 0 Å². The third kappa shape index (κ3) is 4.37. The van der Waals surface area contributed by atoms with Crippen LogP contribution in [0, 0.1) is 6.92 Å². The lowest BCUT2D eigenvalue weighted by Crippen LogP contribution is -2.31. The Kier molecular flexibility index (Phi) is 5.65. The Bertz CT molecular complexity index is 384. The molecule has 3 N–H and O–H groups in total. The van der Waals surface area contributed by atoms with Gasteiger partial charge in [-0.2, -0.15) is 0 Å². The average molecular weight is 249 g/mol. The highest BCUT2D eigenvalue weighted by Crippen LogP contribution is 2.22. The number of carbonyl (C=O) groups excluding carboxylic acids is 1. The maximum absolute atomic E-state index is 11.9. The van der Waals surface area contributed by atoms with Crippen molar-refractivity contribution >= 4 is 17.3 Å². The van der Waals surface area contributed by atoms with E-state index in [1.165, 1.54) is 0 Å². The van der Waals surface area contributed by atoms with Crippen molar-refractivity contribution in [2.75, 3.05) is 31.2 Å². The minimum Gasteiger partial charge on any atom is -0.397 e. The number of nitrogen functional groups attached to an aromatic ring is 1. The number of hydrogen-bond acceptors (Lipinski definition) is 3. The number of carbonyl (C=O) groups is 1. The van der Waals surface area contributed by atoms with Gasteiger partial charge in [0.1, 0.15) is 0 Å². The Labute approximate surface area is 109 Å². The molecule has 1 aromatic rings. The zero-order valence-electron chi connectivity index (χ0n) is 11.5. The van der Waals surface area contributed by atoms with Crippen LogP contribution in [0.25, 0.3) is 0 Å². The lowest BCUT2D eigenvalue weighted by molar-refractivity contribution is -0.117. The summed E-state index contributed by atoms with van der Waals surface area (Å²) in [6, 6.07) is 5.61. The summed E-state index contributed by atoms with van der Waals surface area (Å²) in [6.45, 7) is 5.41. The minimum atomic E-state index is -0.0189. The number of aryl methyl sites for hydroxylation is 1. The predicted octanol–water partition coefficient (Wildman–Crippen LogP) is 2.25. The van der Waals surface area contributed by atoms with Crippen molar-refractivity contribution in [1.82, 2.24) is 4.90 Å². The van der Waals surface area contributed by atoms with Gasteiger partial charge in [-0.15, -0.1) is 0 Å². The molecule has 0 atom stereocenters. The molecule has 1 rings (SSSR count). The second-order valence-electron chi connectivity index (χ2n) is 4.68. The van der Waals surface area contributed by atoms with E-state index in [2.05, 4.69) is 12.2 Å². The van der Waals surface area contributed by atoms with Crippen LogP contribution < -0.4 is 11.1 Å². The van der Waals surface area contributed by atoms with Crippen LogP contribution in [0.1, 0.15) is 25.3 Å². The molecular formula is C14H23N3O. The molecule has 0 unspecified atom stereocenters. The monoisotopic (exact) mass is 249 g/mol. The average Bonchev–Trinajstić information content (AvgIpc) is 2.31. The first-order chi connectivity index (χ1) is 8.54. The normalized spacial score (nSPS) is 10.7. The van der Waals surface area contributed by atoms with Crippen LogP contribution in [0.4, 0.5) is 11.4 Å². The molecule has 0 radical (unpaired) electrons. The van der Waals surface area contributed by atoms with Crippen LogP contribution in [0.15, 0.2) is 18.2 Å². The summed E-state index contributed by atoms with van der Waals surface area (Å²) in [5.74, 6) is -0.0189. The van der Waals surface area contributed by atoms with Gasteiger partial charge in [-0.25, -0.2) is 0 Å². The van der Waals surface area contributed by atoms with Gasteiger partial charge in [0.05, 0.1) is 17.9 Å². The molecule has 0 saturated heterocycles. The van der Waals surface area contributed by atoms with Crippen LogP contribution in [0.2, 0.25) is 0 Å². The number of likely N-dealkylation sites (N-methyl/N-ethyl adjacent to an activating group) is 1. The van der Waals surface area contributed by atoms with Gasteiger partial charge in [-0.05, 0) is 38.6 Å². The second-order valence-corrected chi connectivity index (χ2v) is 4.68. The molecule has 18 heavy (non-hydrogen) atoms. The number of nitrogens with zero attached hydrogens (tertiary/aromatic N) is 1. The predicted molar refractivity (Wildman–Crippen MR) is 76.6 cm³/mol. The first-order valence-corrected chi connectivity index (χ1v) is 6.38. The Balaban J connectivity index is 2.54.